The van der Waals surface area contributed by atoms with Gasteiger partial charge in [-0.25, -0.2) is 9.59 Å². The summed E-state index contributed by atoms with van der Waals surface area (Å²) in [5.41, 5.74) is 4.28. The molecule has 0 saturated heterocycles. The molecule has 1 aliphatic rings. The number of nitrogens with one attached hydrogen (secondary N) is 2. The van der Waals surface area contributed by atoms with E-state index in [2.05, 4.69) is 15.8 Å². The van der Waals surface area contributed by atoms with Gasteiger partial charge in [-0.3, -0.25) is 10.1 Å². The summed E-state index contributed by atoms with van der Waals surface area (Å²) < 4.78 is 10.3. The van der Waals surface area contributed by atoms with E-state index in [0.717, 1.165) is 22.3 Å². The molecular weight excluding hydrogens is 430 g/mol. The van der Waals surface area contributed by atoms with Crippen LogP contribution in [0.3, 0.4) is 0 Å². The van der Waals surface area contributed by atoms with Crippen LogP contribution in [0.15, 0.2) is 59.1 Å². The highest BCUT2D eigenvalue weighted by atomic mass is 16.6. The van der Waals surface area contributed by atoms with Gasteiger partial charge in [0.25, 0.3) is 5.91 Å². The molecule has 1 unspecified atom stereocenters. The first-order valence-corrected chi connectivity index (χ1v) is 10.2. The molecule has 170 valence electrons. The number of aliphatic carboxylic acids is 1. The van der Waals surface area contributed by atoms with E-state index in [9.17, 15) is 19.5 Å². The highest BCUT2D eigenvalue weighted by molar-refractivity contribution is 5.93. The van der Waals surface area contributed by atoms with Crippen molar-refractivity contribution in [2.24, 2.45) is 0 Å². The number of fused-ring (bicyclic) bond motifs is 3. The summed E-state index contributed by atoms with van der Waals surface area (Å²) in [6, 6.07) is 17.1. The standard InChI is InChI=1S/C23H21N3O7/c27-19(22(29)30)9-10-24-21(28)18-11-20(33-26-18)25-23(31)32-12-17-15-7-3-1-5-13(15)14-6-2-4-8-16(14)17/h1-8,11,17,19,27H,9-10,12H2,(H,24,28)(H,25,31)(H,29,30). The molecule has 1 aliphatic carbocycles. The van der Waals surface area contributed by atoms with Gasteiger partial charge in [-0.1, -0.05) is 53.7 Å². The molecule has 1 aromatic heterocycles. The molecule has 10 nitrogen and oxygen atoms in total. The molecule has 0 fully saturated rings. The topological polar surface area (TPSA) is 151 Å². The number of hydrogen-bond donors (Lipinski definition) is 4. The first-order chi connectivity index (χ1) is 15.9. The van der Waals surface area contributed by atoms with Crippen LogP contribution in [0.4, 0.5) is 10.7 Å². The molecule has 0 bridgehead atoms. The highest BCUT2D eigenvalue weighted by Gasteiger charge is 2.29. The predicted molar refractivity (Wildman–Crippen MR) is 116 cm³/mol. The van der Waals surface area contributed by atoms with E-state index >= 15 is 0 Å². The number of carboxylic acid groups (broad SMARTS) is 1. The number of carbonyl (C=O) groups is 3. The van der Waals surface area contributed by atoms with Gasteiger partial charge in [-0.2, -0.15) is 0 Å². The van der Waals surface area contributed by atoms with Crippen LogP contribution >= 0.6 is 0 Å². The maximum Gasteiger partial charge on any atom is 0.414 e. The third kappa shape index (κ3) is 4.85. The Morgan fingerprint density at radius 3 is 2.33 bits per heavy atom. The third-order valence-electron chi connectivity index (χ3n) is 5.30. The van der Waals surface area contributed by atoms with Gasteiger partial charge >= 0.3 is 12.1 Å². The molecule has 0 spiro atoms. The maximum absolute atomic E-state index is 12.3. The molecule has 33 heavy (non-hydrogen) atoms. The number of aliphatic hydroxyl groups is 1. The Bertz CT molecular complexity index is 1140. The van der Waals surface area contributed by atoms with Gasteiger partial charge in [-0.15, -0.1) is 0 Å². The number of aliphatic hydroxyl groups excluding tert-OH is 1. The number of anilines is 1. The number of amides is 2. The van der Waals surface area contributed by atoms with Gasteiger partial charge in [0.15, 0.2) is 11.8 Å². The Morgan fingerprint density at radius 1 is 1.06 bits per heavy atom. The quantitative estimate of drug-likeness (QED) is 0.408. The SMILES string of the molecule is O=C(Nc1cc(C(=O)NCCC(O)C(=O)O)no1)OCC1c2ccccc2-c2ccccc21. The number of aromatic nitrogens is 1. The molecular formula is C23H21N3O7. The third-order valence-corrected chi connectivity index (χ3v) is 5.30. The fraction of sp³-hybridized carbons (Fsp3) is 0.217. The molecule has 0 radical (unpaired) electrons. The van der Waals surface area contributed by atoms with E-state index < -0.39 is 24.1 Å². The fourth-order valence-corrected chi connectivity index (χ4v) is 3.71. The highest BCUT2D eigenvalue weighted by Crippen LogP contribution is 2.44. The maximum atomic E-state index is 12.3. The van der Waals surface area contributed by atoms with Crippen LogP contribution in [-0.4, -0.2) is 52.6 Å². The van der Waals surface area contributed by atoms with Crippen molar-refractivity contribution in [3.63, 3.8) is 0 Å². The van der Waals surface area contributed by atoms with Gasteiger partial charge in [0.1, 0.15) is 6.61 Å². The molecule has 2 aromatic carbocycles. The van der Waals surface area contributed by atoms with Gasteiger partial charge in [0.2, 0.25) is 5.88 Å². The lowest BCUT2D eigenvalue weighted by atomic mass is 9.98. The number of carboxylic acids is 1. The summed E-state index contributed by atoms with van der Waals surface area (Å²) in [5, 5.41) is 26.2. The number of nitrogens with zero attached hydrogens (tertiary/aromatic N) is 1. The average Bonchev–Trinajstić information content (AvgIpc) is 3.40. The summed E-state index contributed by atoms with van der Waals surface area (Å²) in [6.07, 6.45) is -2.50. The lowest BCUT2D eigenvalue weighted by Crippen LogP contribution is -2.30. The van der Waals surface area contributed by atoms with Crippen LogP contribution in [0.25, 0.3) is 11.1 Å². The smallest absolute Gasteiger partial charge is 0.414 e. The van der Waals surface area contributed by atoms with Crippen LogP contribution in [-0.2, 0) is 9.53 Å². The number of benzene rings is 2. The number of ether oxygens (including phenoxy) is 1. The van der Waals surface area contributed by atoms with Crippen molar-refractivity contribution in [2.45, 2.75) is 18.4 Å². The van der Waals surface area contributed by atoms with E-state index in [0.29, 0.717) is 0 Å². The molecule has 1 atom stereocenters. The summed E-state index contributed by atoms with van der Waals surface area (Å²) in [7, 11) is 0. The minimum absolute atomic E-state index is 0.0751. The Balaban J connectivity index is 1.31. The van der Waals surface area contributed by atoms with Crippen LogP contribution < -0.4 is 10.6 Å². The Morgan fingerprint density at radius 2 is 1.70 bits per heavy atom. The van der Waals surface area contributed by atoms with Crippen molar-refractivity contribution < 1.29 is 33.9 Å². The normalized spacial score (nSPS) is 13.0. The van der Waals surface area contributed by atoms with Crippen molar-refractivity contribution in [1.29, 1.82) is 0 Å². The zero-order valence-electron chi connectivity index (χ0n) is 17.4. The lowest BCUT2D eigenvalue weighted by Gasteiger charge is -2.13. The largest absolute Gasteiger partial charge is 0.479 e. The molecule has 2 amide bonds. The number of hydrogen-bond acceptors (Lipinski definition) is 7. The first kappa shape index (κ1) is 22.0. The minimum atomic E-state index is -1.58. The van der Waals surface area contributed by atoms with E-state index in [1.807, 2.05) is 48.5 Å². The van der Waals surface area contributed by atoms with E-state index in [1.165, 1.54) is 6.07 Å². The van der Waals surface area contributed by atoms with Crippen LogP contribution in [0.1, 0.15) is 34.0 Å². The lowest BCUT2D eigenvalue weighted by molar-refractivity contribution is -0.146. The number of carbonyl (C=O) groups excluding carboxylic acids is 2. The molecule has 4 rings (SSSR count). The van der Waals surface area contributed by atoms with Crippen molar-refractivity contribution in [1.82, 2.24) is 10.5 Å². The molecule has 0 aliphatic heterocycles. The molecule has 0 saturated carbocycles. The summed E-state index contributed by atoms with van der Waals surface area (Å²) in [6.45, 7) is 0.0432. The van der Waals surface area contributed by atoms with Gasteiger partial charge in [-0.05, 0) is 22.3 Å². The first-order valence-electron chi connectivity index (χ1n) is 10.2. The second kappa shape index (κ2) is 9.53. The van der Waals surface area contributed by atoms with Crippen LogP contribution in [0.5, 0.6) is 0 Å². The van der Waals surface area contributed by atoms with Crippen molar-refractivity contribution in [3.8, 4) is 11.1 Å². The van der Waals surface area contributed by atoms with Crippen molar-refractivity contribution in [3.05, 3.63) is 71.4 Å². The van der Waals surface area contributed by atoms with Crippen molar-refractivity contribution >= 4 is 23.9 Å². The van der Waals surface area contributed by atoms with Crippen LogP contribution in [0, 0.1) is 0 Å². The second-order valence-electron chi connectivity index (χ2n) is 7.43. The molecule has 4 N–H and O–H groups in total. The van der Waals surface area contributed by atoms with Gasteiger partial charge < -0.3 is 24.8 Å². The average molecular weight is 451 g/mol. The van der Waals surface area contributed by atoms with E-state index in [4.69, 9.17) is 14.4 Å². The Kier molecular flexibility index (Phi) is 6.36. The van der Waals surface area contributed by atoms with Gasteiger partial charge in [0, 0.05) is 24.9 Å². The second-order valence-corrected chi connectivity index (χ2v) is 7.43. The minimum Gasteiger partial charge on any atom is -0.479 e. The number of rotatable bonds is 8. The summed E-state index contributed by atoms with van der Waals surface area (Å²) in [5.74, 6) is -2.19. The Labute approximate surface area is 188 Å². The fourth-order valence-electron chi connectivity index (χ4n) is 3.71. The summed E-state index contributed by atoms with van der Waals surface area (Å²) in [4.78, 5) is 34.9. The predicted octanol–water partition coefficient (Wildman–Crippen LogP) is 2.60. The zero-order chi connectivity index (χ0) is 23.4. The molecule has 1 heterocycles. The summed E-state index contributed by atoms with van der Waals surface area (Å²) >= 11 is 0. The van der Waals surface area contributed by atoms with Gasteiger partial charge in [0.05, 0.1) is 0 Å². The van der Waals surface area contributed by atoms with E-state index in [1.54, 1.807) is 0 Å². The van der Waals surface area contributed by atoms with Crippen molar-refractivity contribution in [2.75, 3.05) is 18.5 Å². The zero-order valence-corrected chi connectivity index (χ0v) is 17.4. The molecule has 10 heteroatoms. The molecule has 3 aromatic rings. The van der Waals surface area contributed by atoms with Crippen LogP contribution in [0.2, 0.25) is 0 Å². The van der Waals surface area contributed by atoms with E-state index in [-0.39, 0.29) is 37.1 Å². The monoisotopic (exact) mass is 451 g/mol. The Hall–Kier alpha value is -4.18.